The van der Waals surface area contributed by atoms with Crippen LogP contribution in [0.2, 0.25) is 0 Å². The summed E-state index contributed by atoms with van der Waals surface area (Å²) >= 11 is 1.25. The Bertz CT molecular complexity index is 151. The van der Waals surface area contributed by atoms with Gasteiger partial charge in [0.15, 0.2) is 5.78 Å². The second-order valence-electron chi connectivity index (χ2n) is 1.40. The molecule has 0 spiro atoms. The van der Waals surface area contributed by atoms with Gasteiger partial charge in [0.1, 0.15) is 11.5 Å². The fraction of sp³-hybridized carbons (Fsp3) is 0.200. The molecule has 1 unspecified atom stereocenters. The van der Waals surface area contributed by atoms with Gasteiger partial charge in [-0.2, -0.15) is 0 Å². The van der Waals surface area contributed by atoms with Crippen LogP contribution in [0.15, 0.2) is 11.5 Å². The zero-order valence-electron chi connectivity index (χ0n) is 4.03. The largest absolute Gasteiger partial charge is 0.302 e. The normalized spacial score (nSPS) is 26.5. The van der Waals surface area contributed by atoms with Crippen LogP contribution in [0.4, 0.5) is 0 Å². The Balaban J connectivity index is 2.63. The molecule has 0 saturated heterocycles. The molecule has 0 bridgehead atoms. The average Bonchev–Trinajstić information content (AvgIpc) is 2.14. The van der Waals surface area contributed by atoms with Crippen molar-refractivity contribution in [2.45, 2.75) is 5.25 Å². The molecular formula is C5H4O2S. The standard InChI is InChI=1S/C5H4O2S/c6-3-5-4(7)1-2-8-5/h1-3,5H. The van der Waals surface area contributed by atoms with Gasteiger partial charge < -0.3 is 4.79 Å². The van der Waals surface area contributed by atoms with Crippen molar-refractivity contribution in [3.05, 3.63) is 11.5 Å². The Labute approximate surface area is 50.9 Å². The highest BCUT2D eigenvalue weighted by atomic mass is 32.2. The molecule has 1 rings (SSSR count). The van der Waals surface area contributed by atoms with Gasteiger partial charge in [-0.05, 0) is 11.5 Å². The Morgan fingerprint density at radius 1 is 1.75 bits per heavy atom. The first-order valence-electron chi connectivity index (χ1n) is 2.16. The monoisotopic (exact) mass is 128 g/mol. The zero-order valence-corrected chi connectivity index (χ0v) is 4.85. The molecule has 1 aliphatic heterocycles. The quantitative estimate of drug-likeness (QED) is 0.378. The molecule has 0 aromatic rings. The van der Waals surface area contributed by atoms with Crippen LogP contribution in [0.5, 0.6) is 0 Å². The van der Waals surface area contributed by atoms with Crippen LogP contribution < -0.4 is 0 Å². The minimum atomic E-state index is -0.449. The van der Waals surface area contributed by atoms with Crippen molar-refractivity contribution in [1.82, 2.24) is 0 Å². The summed E-state index contributed by atoms with van der Waals surface area (Å²) in [6, 6.07) is 0. The van der Waals surface area contributed by atoms with Crippen molar-refractivity contribution < 1.29 is 9.59 Å². The van der Waals surface area contributed by atoms with Crippen LogP contribution in [0, 0.1) is 0 Å². The number of allylic oxidation sites excluding steroid dienone is 1. The van der Waals surface area contributed by atoms with E-state index in [1.54, 1.807) is 5.41 Å². The average molecular weight is 128 g/mol. The van der Waals surface area contributed by atoms with E-state index in [9.17, 15) is 9.59 Å². The van der Waals surface area contributed by atoms with Crippen molar-refractivity contribution in [1.29, 1.82) is 0 Å². The van der Waals surface area contributed by atoms with E-state index < -0.39 is 5.25 Å². The lowest BCUT2D eigenvalue weighted by molar-refractivity contribution is -0.117. The fourth-order valence-corrected chi connectivity index (χ4v) is 1.11. The summed E-state index contributed by atoms with van der Waals surface area (Å²) in [5, 5.41) is 1.19. The number of hydrogen-bond acceptors (Lipinski definition) is 3. The molecule has 0 aliphatic carbocycles. The number of rotatable bonds is 1. The van der Waals surface area contributed by atoms with Crippen LogP contribution in [-0.2, 0) is 9.59 Å². The van der Waals surface area contributed by atoms with Crippen LogP contribution in [0.1, 0.15) is 0 Å². The SMILES string of the molecule is O=CC1SC=CC1=O. The van der Waals surface area contributed by atoms with E-state index in [0.29, 0.717) is 6.29 Å². The number of aldehydes is 1. The highest BCUT2D eigenvalue weighted by Gasteiger charge is 2.18. The summed E-state index contributed by atoms with van der Waals surface area (Å²) in [5.41, 5.74) is 0. The highest BCUT2D eigenvalue weighted by Crippen LogP contribution is 2.18. The molecule has 0 saturated carbocycles. The molecule has 0 aromatic carbocycles. The third-order valence-electron chi connectivity index (χ3n) is 0.862. The summed E-state index contributed by atoms with van der Waals surface area (Å²) in [6.07, 6.45) is 2.08. The predicted molar refractivity (Wildman–Crippen MR) is 31.6 cm³/mol. The van der Waals surface area contributed by atoms with Gasteiger partial charge in [-0.3, -0.25) is 4.79 Å². The second-order valence-corrected chi connectivity index (χ2v) is 2.45. The first-order valence-corrected chi connectivity index (χ1v) is 3.10. The van der Waals surface area contributed by atoms with Gasteiger partial charge in [-0.25, -0.2) is 0 Å². The smallest absolute Gasteiger partial charge is 0.176 e. The summed E-state index contributed by atoms with van der Waals surface area (Å²) < 4.78 is 0. The first kappa shape index (κ1) is 5.56. The molecule has 0 amide bonds. The molecule has 0 N–H and O–H groups in total. The van der Waals surface area contributed by atoms with Crippen molar-refractivity contribution in [3.8, 4) is 0 Å². The molecule has 8 heavy (non-hydrogen) atoms. The first-order chi connectivity index (χ1) is 3.84. The van der Waals surface area contributed by atoms with Crippen LogP contribution in [0.25, 0.3) is 0 Å². The lowest BCUT2D eigenvalue weighted by Crippen LogP contribution is -2.10. The number of ketones is 1. The summed E-state index contributed by atoms with van der Waals surface area (Å²) in [7, 11) is 0. The number of carbonyl (C=O) groups is 2. The topological polar surface area (TPSA) is 34.1 Å². The minimum absolute atomic E-state index is 0.0926. The molecule has 0 aromatic heterocycles. The second kappa shape index (κ2) is 2.13. The molecule has 42 valence electrons. The lowest BCUT2D eigenvalue weighted by Gasteiger charge is -1.90. The van der Waals surface area contributed by atoms with E-state index in [1.807, 2.05) is 0 Å². The van der Waals surface area contributed by atoms with Crippen LogP contribution in [-0.4, -0.2) is 17.3 Å². The maximum atomic E-state index is 10.5. The number of hydrogen-bond donors (Lipinski definition) is 0. The Morgan fingerprint density at radius 2 is 2.50 bits per heavy atom. The van der Waals surface area contributed by atoms with Crippen molar-refractivity contribution in [3.63, 3.8) is 0 Å². The van der Waals surface area contributed by atoms with Crippen molar-refractivity contribution in [2.24, 2.45) is 0 Å². The van der Waals surface area contributed by atoms with Gasteiger partial charge >= 0.3 is 0 Å². The highest BCUT2D eigenvalue weighted by molar-refractivity contribution is 8.04. The maximum absolute atomic E-state index is 10.5. The van der Waals surface area contributed by atoms with Gasteiger partial charge in [0.2, 0.25) is 0 Å². The molecule has 1 heterocycles. The molecule has 1 aliphatic rings. The Morgan fingerprint density at radius 3 is 2.75 bits per heavy atom. The molecule has 0 radical (unpaired) electrons. The predicted octanol–water partition coefficient (Wildman–Crippen LogP) is 0.383. The fourth-order valence-electron chi connectivity index (χ4n) is 0.452. The van der Waals surface area contributed by atoms with Gasteiger partial charge in [0, 0.05) is 0 Å². The Hall–Kier alpha value is -0.570. The van der Waals surface area contributed by atoms with E-state index in [0.717, 1.165) is 0 Å². The van der Waals surface area contributed by atoms with Gasteiger partial charge in [-0.15, -0.1) is 11.8 Å². The third kappa shape index (κ3) is 0.816. The number of carbonyl (C=O) groups excluding carboxylic acids is 2. The van der Waals surface area contributed by atoms with Gasteiger partial charge in [0.05, 0.1) is 0 Å². The summed E-state index contributed by atoms with van der Waals surface area (Å²) in [5.74, 6) is -0.0926. The van der Waals surface area contributed by atoms with E-state index in [1.165, 1.54) is 17.8 Å². The van der Waals surface area contributed by atoms with E-state index >= 15 is 0 Å². The lowest BCUT2D eigenvalue weighted by atomic mass is 10.3. The molecule has 1 atom stereocenters. The molecule has 3 heteroatoms. The van der Waals surface area contributed by atoms with Gasteiger partial charge in [-0.1, -0.05) is 0 Å². The number of thioether (sulfide) groups is 1. The molecule has 2 nitrogen and oxygen atoms in total. The van der Waals surface area contributed by atoms with Crippen molar-refractivity contribution >= 4 is 23.8 Å². The van der Waals surface area contributed by atoms with Gasteiger partial charge in [0.25, 0.3) is 0 Å². The maximum Gasteiger partial charge on any atom is 0.176 e. The van der Waals surface area contributed by atoms with E-state index in [-0.39, 0.29) is 5.78 Å². The van der Waals surface area contributed by atoms with Crippen LogP contribution >= 0.6 is 11.8 Å². The van der Waals surface area contributed by atoms with Crippen molar-refractivity contribution in [2.75, 3.05) is 0 Å². The zero-order chi connectivity index (χ0) is 5.98. The summed E-state index contributed by atoms with van der Waals surface area (Å²) in [4.78, 5) is 20.4. The Kier molecular flexibility index (Phi) is 1.48. The molecular weight excluding hydrogens is 124 g/mol. The summed E-state index contributed by atoms with van der Waals surface area (Å²) in [6.45, 7) is 0. The minimum Gasteiger partial charge on any atom is -0.302 e. The van der Waals surface area contributed by atoms with Crippen LogP contribution in [0.3, 0.4) is 0 Å². The van der Waals surface area contributed by atoms with E-state index in [4.69, 9.17) is 0 Å². The molecule has 0 fully saturated rings. The third-order valence-corrected chi connectivity index (χ3v) is 1.79. The van der Waals surface area contributed by atoms with E-state index in [2.05, 4.69) is 0 Å².